The van der Waals surface area contributed by atoms with Crippen molar-refractivity contribution in [1.29, 1.82) is 0 Å². The van der Waals surface area contributed by atoms with Gasteiger partial charge in [-0.1, -0.05) is 71.2 Å². The number of fused-ring (bicyclic) bond motifs is 4. The molecule has 0 radical (unpaired) electrons. The molecule has 4 amide bonds. The van der Waals surface area contributed by atoms with Crippen molar-refractivity contribution >= 4 is 52.6 Å². The highest BCUT2D eigenvalue weighted by molar-refractivity contribution is 6.33. The predicted octanol–water partition coefficient (Wildman–Crippen LogP) is 7.05. The summed E-state index contributed by atoms with van der Waals surface area (Å²) in [5, 5.41) is 22.0. The Morgan fingerprint density at radius 2 is 1.67 bits per heavy atom. The third-order valence-corrected chi connectivity index (χ3v) is 12.3. The highest BCUT2D eigenvalue weighted by Crippen LogP contribution is 2.65. The third kappa shape index (κ3) is 6.08. The Morgan fingerprint density at radius 1 is 0.947 bits per heavy atom. The van der Waals surface area contributed by atoms with E-state index in [1.165, 1.54) is 30.2 Å². The van der Waals surface area contributed by atoms with Crippen LogP contribution in [-0.4, -0.2) is 62.4 Å². The van der Waals surface area contributed by atoms with Crippen LogP contribution in [0.25, 0.3) is 0 Å². The lowest BCUT2D eigenvalue weighted by atomic mass is 9.49. The fourth-order valence-corrected chi connectivity index (χ4v) is 9.59. The van der Waals surface area contributed by atoms with Gasteiger partial charge in [0.25, 0.3) is 11.8 Å². The summed E-state index contributed by atoms with van der Waals surface area (Å²) in [5.74, 6) is -7.78. The molecule has 1 saturated carbocycles. The number of hydrogen-bond acceptors (Lipinski definition) is 9. The van der Waals surface area contributed by atoms with E-state index in [1.54, 1.807) is 48.5 Å². The van der Waals surface area contributed by atoms with Crippen molar-refractivity contribution < 1.29 is 47.3 Å². The molecule has 3 aromatic carbocycles. The van der Waals surface area contributed by atoms with Crippen molar-refractivity contribution in [3.05, 3.63) is 123 Å². The van der Waals surface area contributed by atoms with E-state index in [0.717, 1.165) is 5.56 Å². The van der Waals surface area contributed by atoms with Gasteiger partial charge in [-0.05, 0) is 72.7 Å². The first kappa shape index (κ1) is 38.3. The number of likely N-dealkylation sites (tertiary alicyclic amines) is 1. The second-order valence-corrected chi connectivity index (χ2v) is 15.4. The summed E-state index contributed by atoms with van der Waals surface area (Å²) >= 11 is 12.6. The highest BCUT2D eigenvalue weighted by Gasteiger charge is 2.70. The summed E-state index contributed by atoms with van der Waals surface area (Å²) in [6, 6.07) is 18.1. The topological polar surface area (TPSA) is 149 Å². The average Bonchev–Trinajstić information content (AvgIpc) is 3.55. The molecule has 2 aliphatic carbocycles. The van der Waals surface area contributed by atoms with Crippen LogP contribution in [0.4, 0.5) is 19.0 Å². The molecule has 3 fully saturated rings. The van der Waals surface area contributed by atoms with Crippen LogP contribution in [-0.2, 0) is 37.2 Å². The van der Waals surface area contributed by atoms with Crippen LogP contribution >= 0.6 is 23.2 Å². The van der Waals surface area contributed by atoms with E-state index < -0.39 is 75.3 Å². The van der Waals surface area contributed by atoms with E-state index >= 15 is 4.79 Å². The number of carbonyl (C=O) groups is 4. The average molecular weight is 822 g/mol. The first-order chi connectivity index (χ1) is 27.2. The number of ether oxygens (including phenoxy) is 1. The molecule has 294 valence electrons. The maximum atomic E-state index is 15.3. The van der Waals surface area contributed by atoms with Crippen LogP contribution in [0.1, 0.15) is 41.0 Å². The van der Waals surface area contributed by atoms with Gasteiger partial charge in [-0.3, -0.25) is 29.5 Å². The molecule has 4 aromatic rings. The number of hydrazine groups is 1. The Kier molecular flexibility index (Phi) is 9.47. The zero-order chi connectivity index (χ0) is 40.6. The minimum absolute atomic E-state index is 0.0751. The molecule has 2 aliphatic heterocycles. The maximum Gasteiger partial charge on any atom is 0.417 e. The molecule has 3 heterocycles. The van der Waals surface area contributed by atoms with Gasteiger partial charge >= 0.3 is 6.18 Å². The van der Waals surface area contributed by atoms with Gasteiger partial charge in [0.1, 0.15) is 5.75 Å². The smallest absolute Gasteiger partial charge is 0.417 e. The summed E-state index contributed by atoms with van der Waals surface area (Å²) in [6.07, 6.45) is -2.05. The number of phenolic OH excluding ortho intramolecular Hbond substituents is 2. The van der Waals surface area contributed by atoms with Gasteiger partial charge in [0.15, 0.2) is 17.3 Å². The van der Waals surface area contributed by atoms with Crippen LogP contribution in [0.2, 0.25) is 10.0 Å². The Hall–Kier alpha value is -5.60. The molecule has 8 rings (SSSR count). The van der Waals surface area contributed by atoms with Gasteiger partial charge in [0.2, 0.25) is 11.8 Å². The Labute approximate surface area is 333 Å². The van der Waals surface area contributed by atoms with Crippen LogP contribution in [0.3, 0.4) is 0 Å². The molecule has 2 saturated heterocycles. The number of amides is 4. The third-order valence-electron chi connectivity index (χ3n) is 11.8. The number of pyridine rings is 1. The van der Waals surface area contributed by atoms with Crippen molar-refractivity contribution in [3.8, 4) is 17.2 Å². The number of halogens is 5. The second kappa shape index (κ2) is 14.1. The minimum Gasteiger partial charge on any atom is -0.508 e. The number of rotatable bonds is 8. The minimum atomic E-state index is -4.77. The van der Waals surface area contributed by atoms with E-state index in [2.05, 4.69) is 10.4 Å². The van der Waals surface area contributed by atoms with Crippen molar-refractivity contribution in [1.82, 2.24) is 14.9 Å². The largest absolute Gasteiger partial charge is 0.508 e. The lowest BCUT2D eigenvalue weighted by molar-refractivity contribution is -0.141. The first-order valence-electron chi connectivity index (χ1n) is 18.0. The van der Waals surface area contributed by atoms with Gasteiger partial charge in [0, 0.05) is 29.2 Å². The van der Waals surface area contributed by atoms with Crippen LogP contribution < -0.4 is 10.2 Å². The molecule has 3 N–H and O–H groups in total. The zero-order valence-corrected chi connectivity index (χ0v) is 31.5. The monoisotopic (exact) mass is 820 g/mol. The zero-order valence-electron chi connectivity index (χ0n) is 30.0. The molecule has 1 aromatic heterocycles. The maximum absolute atomic E-state index is 15.3. The number of alkyl halides is 3. The Bertz CT molecular complexity index is 2360. The molecular weight excluding hydrogens is 788 g/mol. The lowest BCUT2D eigenvalue weighted by Crippen LogP contribution is -2.53. The number of carbonyl (C=O) groups excluding carboxylic acids is 4. The fourth-order valence-electron chi connectivity index (χ4n) is 9.25. The van der Waals surface area contributed by atoms with Crippen molar-refractivity contribution in [2.75, 3.05) is 19.1 Å². The van der Waals surface area contributed by atoms with E-state index in [0.29, 0.717) is 39.9 Å². The number of aromatic hydroxyl groups is 2. The van der Waals surface area contributed by atoms with Crippen LogP contribution in [0.15, 0.2) is 90.6 Å². The molecule has 57 heavy (non-hydrogen) atoms. The van der Waals surface area contributed by atoms with Gasteiger partial charge in [-0.25, -0.2) is 4.98 Å². The number of hydrogen-bond donors (Lipinski definition) is 3. The number of anilines is 1. The molecule has 4 aliphatic rings. The van der Waals surface area contributed by atoms with Crippen molar-refractivity contribution in [2.45, 2.75) is 36.8 Å². The summed E-state index contributed by atoms with van der Waals surface area (Å²) in [4.78, 5) is 63.6. The predicted molar refractivity (Wildman–Crippen MR) is 200 cm³/mol. The number of allylic oxidation sites excluding steroid dienone is 2. The number of phenols is 2. The molecule has 0 unspecified atom stereocenters. The highest BCUT2D eigenvalue weighted by atomic mass is 35.5. The number of benzene rings is 3. The Balaban J connectivity index is 1.27. The number of imide groups is 2. The molecule has 11 nitrogen and oxygen atoms in total. The number of nitrogens with one attached hydrogen (secondary N) is 1. The van der Waals surface area contributed by atoms with Crippen LogP contribution in [0, 0.1) is 23.7 Å². The number of methoxy groups -OCH3 is 1. The van der Waals surface area contributed by atoms with E-state index in [1.807, 2.05) is 6.08 Å². The van der Waals surface area contributed by atoms with E-state index in [4.69, 9.17) is 27.9 Å². The molecule has 0 spiro atoms. The number of para-hydroxylation sites is 1. The fraction of sp³-hybridized carbons (Fsp3) is 0.293. The van der Waals surface area contributed by atoms with Gasteiger partial charge in [-0.15, -0.1) is 0 Å². The van der Waals surface area contributed by atoms with E-state index in [-0.39, 0.29) is 48.1 Å². The molecule has 6 atom stereocenters. The second-order valence-electron chi connectivity index (χ2n) is 14.6. The standard InChI is InChI=1S/C41H33Cl2F3N4O7/c1-57-31-4-2-3-27(34(31)52)33-25-13-14-26-32(38(55)49(36(26)53)16-15-20-5-11-24(51)12-6-20)28(25)18-29-37(54)50(39(56)40(29,33)21-7-9-23(42)10-8-21)48-35-30(43)17-22(19-47-35)41(44,45)46/h2-13,17,19,26,28-29,32-33,51-52H,14-16,18H2,1H3,(H,47,48)/t26-,28+,29-,32-,33+,40+/m0/s1. The summed E-state index contributed by atoms with van der Waals surface area (Å²) < 4.78 is 46.0. The number of aromatic nitrogens is 1. The van der Waals surface area contributed by atoms with Crippen molar-refractivity contribution in [3.63, 3.8) is 0 Å². The molecule has 0 bridgehead atoms. The van der Waals surface area contributed by atoms with Gasteiger partial charge in [0.05, 0.1) is 40.9 Å². The Morgan fingerprint density at radius 3 is 2.33 bits per heavy atom. The normalized spacial score (nSPS) is 25.6. The first-order valence-corrected chi connectivity index (χ1v) is 18.7. The summed E-state index contributed by atoms with van der Waals surface area (Å²) in [7, 11) is 1.36. The molecular formula is C41H33Cl2F3N4O7. The quantitative estimate of drug-likeness (QED) is 0.126. The van der Waals surface area contributed by atoms with E-state index in [9.17, 15) is 37.8 Å². The SMILES string of the molecule is COc1cccc([C@H]2C3=CC[C@@H]4C(=O)N(CCc5ccc(O)cc5)C(=O)[C@@H]4[C@@H]3C[C@H]3C(=O)N(Nc4ncc(C(F)(F)F)cc4Cl)C(=O)[C@@]23c2ccc(Cl)cc2)c1O. The lowest BCUT2D eigenvalue weighted by Gasteiger charge is -2.50. The van der Waals surface area contributed by atoms with Gasteiger partial charge in [-0.2, -0.15) is 18.2 Å². The molecule has 16 heteroatoms. The van der Waals surface area contributed by atoms with Gasteiger partial charge < -0.3 is 14.9 Å². The summed E-state index contributed by atoms with van der Waals surface area (Å²) in [6.45, 7) is 0.0751. The van der Waals surface area contributed by atoms with Crippen molar-refractivity contribution in [2.24, 2.45) is 23.7 Å². The van der Waals surface area contributed by atoms with Crippen LogP contribution in [0.5, 0.6) is 17.2 Å². The summed E-state index contributed by atoms with van der Waals surface area (Å²) in [5.41, 5.74) is 1.51. The number of nitrogens with zero attached hydrogens (tertiary/aromatic N) is 3.